The molecule has 4 rings (SSSR count). The Labute approximate surface area is 168 Å². The fraction of sp³-hybridized carbons (Fsp3) is 0.727. The first-order valence-corrected chi connectivity index (χ1v) is 11.1. The molecule has 1 saturated carbocycles. The zero-order chi connectivity index (χ0) is 19.5. The minimum Gasteiger partial charge on any atom is -0.393 e. The highest BCUT2D eigenvalue weighted by Crippen LogP contribution is 2.38. The summed E-state index contributed by atoms with van der Waals surface area (Å²) in [4.78, 5) is 12.0. The van der Waals surface area contributed by atoms with Crippen LogP contribution >= 0.6 is 0 Å². The maximum atomic E-state index is 9.94. The molecule has 0 amide bonds. The lowest BCUT2D eigenvalue weighted by Crippen LogP contribution is -2.29. The highest BCUT2D eigenvalue weighted by atomic mass is 16.3. The van der Waals surface area contributed by atoms with Crippen LogP contribution in [0, 0.1) is 0 Å². The van der Waals surface area contributed by atoms with Crippen molar-refractivity contribution in [3.63, 3.8) is 0 Å². The van der Waals surface area contributed by atoms with Gasteiger partial charge in [0.15, 0.2) is 0 Å². The number of aromatic nitrogens is 3. The first kappa shape index (κ1) is 19.6. The number of nitrogens with zero attached hydrogens (tertiary/aromatic N) is 4. The molecule has 0 aromatic carbocycles. The summed E-state index contributed by atoms with van der Waals surface area (Å²) in [6, 6.07) is 0.435. The lowest BCUT2D eigenvalue weighted by atomic mass is 9.90. The van der Waals surface area contributed by atoms with Gasteiger partial charge < -0.3 is 19.9 Å². The van der Waals surface area contributed by atoms with E-state index in [1.54, 1.807) is 0 Å². The third-order valence-corrected chi connectivity index (χ3v) is 6.63. The van der Waals surface area contributed by atoms with Crippen molar-refractivity contribution in [3.8, 4) is 0 Å². The Morgan fingerprint density at radius 2 is 1.89 bits per heavy atom. The molecule has 1 saturated heterocycles. The normalized spacial score (nSPS) is 24.7. The molecule has 0 bridgehead atoms. The number of fused-ring (bicyclic) bond motifs is 1. The third-order valence-electron chi connectivity index (χ3n) is 6.63. The molecule has 0 radical (unpaired) electrons. The van der Waals surface area contributed by atoms with Crippen LogP contribution in [0.25, 0.3) is 11.0 Å². The van der Waals surface area contributed by atoms with E-state index in [1.165, 1.54) is 23.8 Å². The van der Waals surface area contributed by atoms with Crippen LogP contribution in [0.5, 0.6) is 0 Å². The van der Waals surface area contributed by atoms with Gasteiger partial charge in [-0.15, -0.1) is 0 Å². The molecule has 0 unspecified atom stereocenters. The summed E-state index contributed by atoms with van der Waals surface area (Å²) in [7, 11) is 2.21. The number of unbranched alkanes of at least 4 members (excludes halogenated alkanes) is 1. The predicted octanol–water partition coefficient (Wildman–Crippen LogP) is 3.93. The minimum atomic E-state index is -0.132. The maximum Gasteiger partial charge on any atom is 0.224 e. The number of likely N-dealkylation sites (tertiary alicyclic amines) is 1. The summed E-state index contributed by atoms with van der Waals surface area (Å²) in [6.07, 6.45) is 12.8. The van der Waals surface area contributed by atoms with Gasteiger partial charge in [0.25, 0.3) is 0 Å². The molecule has 1 aliphatic carbocycles. The second-order valence-corrected chi connectivity index (χ2v) is 8.74. The number of hydrogen-bond donors (Lipinski definition) is 2. The average Bonchev–Trinajstić information content (AvgIpc) is 3.08. The summed E-state index contributed by atoms with van der Waals surface area (Å²) < 4.78 is 2.40. The van der Waals surface area contributed by atoms with Crippen LogP contribution in [-0.2, 0) is 0 Å². The van der Waals surface area contributed by atoms with Gasteiger partial charge in [0.05, 0.1) is 6.10 Å². The van der Waals surface area contributed by atoms with Gasteiger partial charge in [0.2, 0.25) is 5.95 Å². The highest BCUT2D eigenvalue weighted by Gasteiger charge is 2.27. The van der Waals surface area contributed by atoms with Crippen LogP contribution in [0.3, 0.4) is 0 Å². The third kappa shape index (κ3) is 4.18. The fourth-order valence-electron chi connectivity index (χ4n) is 4.78. The molecule has 2 N–H and O–H groups in total. The number of anilines is 1. The van der Waals surface area contributed by atoms with Crippen molar-refractivity contribution in [1.29, 1.82) is 0 Å². The zero-order valence-corrected chi connectivity index (χ0v) is 17.4. The van der Waals surface area contributed by atoms with Gasteiger partial charge in [0, 0.05) is 30.4 Å². The van der Waals surface area contributed by atoms with Crippen molar-refractivity contribution in [2.24, 2.45) is 0 Å². The first-order chi connectivity index (χ1) is 13.7. The highest BCUT2D eigenvalue weighted by molar-refractivity contribution is 5.81. The average molecular weight is 386 g/mol. The first-order valence-electron chi connectivity index (χ1n) is 11.1. The van der Waals surface area contributed by atoms with Crippen molar-refractivity contribution in [2.75, 3.05) is 32.0 Å². The maximum absolute atomic E-state index is 9.94. The molecule has 2 aromatic rings. The second kappa shape index (κ2) is 8.78. The van der Waals surface area contributed by atoms with E-state index < -0.39 is 0 Å². The molecule has 0 spiro atoms. The molecule has 2 fully saturated rings. The Kier molecular flexibility index (Phi) is 6.16. The number of aliphatic hydroxyl groups is 1. The lowest BCUT2D eigenvalue weighted by molar-refractivity contribution is 0.111. The molecular weight excluding hydrogens is 350 g/mol. The Balaban J connectivity index is 1.67. The molecule has 1 aliphatic heterocycles. The Morgan fingerprint density at radius 3 is 2.61 bits per heavy atom. The SMILES string of the molecule is CCCCNc1ncc2c(C3CCN(C)CC3)cn([C@H]3CC[C@H](O)CC3)c2n1. The van der Waals surface area contributed by atoms with Gasteiger partial charge in [-0.05, 0) is 76.6 Å². The van der Waals surface area contributed by atoms with Crippen molar-refractivity contribution < 1.29 is 5.11 Å². The Morgan fingerprint density at radius 1 is 1.14 bits per heavy atom. The van der Waals surface area contributed by atoms with Crippen molar-refractivity contribution in [2.45, 2.75) is 76.4 Å². The predicted molar refractivity (Wildman–Crippen MR) is 114 cm³/mol. The zero-order valence-electron chi connectivity index (χ0n) is 17.4. The lowest BCUT2D eigenvalue weighted by Gasteiger charge is -2.29. The molecule has 6 heteroatoms. The molecule has 3 heterocycles. The van der Waals surface area contributed by atoms with E-state index in [0.717, 1.165) is 69.8 Å². The van der Waals surface area contributed by atoms with Crippen LogP contribution in [-0.4, -0.2) is 57.3 Å². The molecule has 2 aliphatic rings. The number of aliphatic hydroxyl groups excluding tert-OH is 1. The summed E-state index contributed by atoms with van der Waals surface area (Å²) in [5, 5.41) is 14.5. The van der Waals surface area contributed by atoms with Gasteiger partial charge in [-0.3, -0.25) is 0 Å². The van der Waals surface area contributed by atoms with Gasteiger partial charge >= 0.3 is 0 Å². The Hall–Kier alpha value is -1.66. The second-order valence-electron chi connectivity index (χ2n) is 8.74. The van der Waals surface area contributed by atoms with Crippen molar-refractivity contribution in [1.82, 2.24) is 19.4 Å². The van der Waals surface area contributed by atoms with E-state index in [-0.39, 0.29) is 6.10 Å². The summed E-state index contributed by atoms with van der Waals surface area (Å²) in [5.41, 5.74) is 2.50. The van der Waals surface area contributed by atoms with E-state index in [1.807, 2.05) is 6.20 Å². The van der Waals surface area contributed by atoms with Gasteiger partial charge in [0.1, 0.15) is 5.65 Å². The van der Waals surface area contributed by atoms with Crippen molar-refractivity contribution >= 4 is 17.0 Å². The van der Waals surface area contributed by atoms with Crippen LogP contribution in [0.15, 0.2) is 12.4 Å². The molecule has 0 atom stereocenters. The largest absolute Gasteiger partial charge is 0.393 e. The van der Waals surface area contributed by atoms with Crippen LogP contribution in [0.1, 0.15) is 75.8 Å². The number of rotatable bonds is 6. The van der Waals surface area contributed by atoms with Gasteiger partial charge in [-0.2, -0.15) is 4.98 Å². The quantitative estimate of drug-likeness (QED) is 0.738. The van der Waals surface area contributed by atoms with Gasteiger partial charge in [-0.1, -0.05) is 13.3 Å². The van der Waals surface area contributed by atoms with Crippen LogP contribution in [0.2, 0.25) is 0 Å². The number of piperidine rings is 1. The molecule has 6 nitrogen and oxygen atoms in total. The monoisotopic (exact) mass is 385 g/mol. The van der Waals surface area contributed by atoms with Crippen LogP contribution in [0.4, 0.5) is 5.95 Å². The van der Waals surface area contributed by atoms with E-state index >= 15 is 0 Å². The van der Waals surface area contributed by atoms with E-state index in [9.17, 15) is 5.11 Å². The Bertz CT molecular complexity index is 773. The number of nitrogens with one attached hydrogen (secondary N) is 1. The molecular formula is C22H35N5O. The topological polar surface area (TPSA) is 66.2 Å². The van der Waals surface area contributed by atoms with E-state index in [2.05, 4.69) is 39.9 Å². The summed E-state index contributed by atoms with van der Waals surface area (Å²) in [6.45, 7) is 5.43. The van der Waals surface area contributed by atoms with E-state index in [0.29, 0.717) is 12.0 Å². The smallest absolute Gasteiger partial charge is 0.224 e. The summed E-state index contributed by atoms with van der Waals surface area (Å²) >= 11 is 0. The minimum absolute atomic E-state index is 0.132. The summed E-state index contributed by atoms with van der Waals surface area (Å²) in [5.74, 6) is 1.34. The van der Waals surface area contributed by atoms with E-state index in [4.69, 9.17) is 4.98 Å². The fourth-order valence-corrected chi connectivity index (χ4v) is 4.78. The standard InChI is InChI=1S/C22H35N5O/c1-3-4-11-23-22-24-14-19-20(16-9-12-26(2)13-10-16)15-27(21(19)25-22)17-5-7-18(28)8-6-17/h14-18,28H,3-13H2,1-2H3,(H,23,24,25)/t17-,18-. The molecule has 2 aromatic heterocycles. The van der Waals surface area contributed by atoms with Gasteiger partial charge in [-0.25, -0.2) is 4.98 Å². The van der Waals surface area contributed by atoms with Crippen LogP contribution < -0.4 is 5.32 Å². The number of hydrogen-bond acceptors (Lipinski definition) is 5. The molecule has 154 valence electrons. The van der Waals surface area contributed by atoms with Crippen molar-refractivity contribution in [3.05, 3.63) is 18.0 Å². The molecule has 28 heavy (non-hydrogen) atoms.